The van der Waals surface area contributed by atoms with E-state index < -0.39 is 0 Å². The second-order valence-electron chi connectivity index (χ2n) is 5.03. The first-order chi connectivity index (χ1) is 8.65. The molecular weight excluding hydrogens is 230 g/mol. The number of hydrogen-bond acceptors (Lipinski definition) is 4. The van der Waals surface area contributed by atoms with Gasteiger partial charge < -0.3 is 10.2 Å². The molecule has 0 atom stereocenters. The maximum atomic E-state index is 11.9. The first-order valence-electron chi connectivity index (χ1n) is 6.55. The van der Waals surface area contributed by atoms with Crippen LogP contribution in [0, 0.1) is 0 Å². The van der Waals surface area contributed by atoms with Gasteiger partial charge in [0, 0.05) is 25.7 Å². The van der Waals surface area contributed by atoms with E-state index in [9.17, 15) is 4.79 Å². The van der Waals surface area contributed by atoms with Gasteiger partial charge in [0.25, 0.3) is 0 Å². The van der Waals surface area contributed by atoms with Crippen molar-refractivity contribution in [3.63, 3.8) is 0 Å². The lowest BCUT2D eigenvalue weighted by molar-refractivity contribution is -0.130. The molecule has 1 aromatic heterocycles. The Morgan fingerprint density at radius 1 is 1.44 bits per heavy atom. The Hall–Kier alpha value is -1.43. The molecule has 1 aromatic rings. The molecule has 0 spiro atoms. The van der Waals surface area contributed by atoms with Crippen LogP contribution < -0.4 is 5.32 Å². The first kappa shape index (κ1) is 13.0. The molecule has 0 bridgehead atoms. The Morgan fingerprint density at radius 2 is 2.17 bits per heavy atom. The molecule has 1 amide bonds. The molecular formula is C12H21N5O. The molecule has 6 heteroatoms. The van der Waals surface area contributed by atoms with Crippen molar-refractivity contribution in [1.82, 2.24) is 25.2 Å². The Kier molecular flexibility index (Phi) is 4.30. The number of aromatic nitrogens is 3. The van der Waals surface area contributed by atoms with E-state index in [2.05, 4.69) is 29.5 Å². The highest BCUT2D eigenvalue weighted by molar-refractivity contribution is 5.76. The van der Waals surface area contributed by atoms with Crippen LogP contribution in [0.1, 0.15) is 32.4 Å². The van der Waals surface area contributed by atoms with Gasteiger partial charge in [-0.25, -0.2) is 4.68 Å². The van der Waals surface area contributed by atoms with E-state index in [1.54, 1.807) is 4.68 Å². The molecule has 1 saturated heterocycles. The predicted octanol–water partition coefficient (Wildman–Crippen LogP) is 0.398. The average molecular weight is 251 g/mol. The molecule has 1 N–H and O–H groups in total. The van der Waals surface area contributed by atoms with Gasteiger partial charge in [0.15, 0.2) is 0 Å². The standard InChI is InChI=1S/C12H21N5O/c1-10(2)13-7-11-8-17(15-14-11)9-12(18)16-5-3-4-6-16/h8,10,13H,3-7,9H2,1-2H3. The Morgan fingerprint density at radius 3 is 2.83 bits per heavy atom. The molecule has 100 valence electrons. The fourth-order valence-electron chi connectivity index (χ4n) is 2.01. The minimum Gasteiger partial charge on any atom is -0.341 e. The lowest BCUT2D eigenvalue weighted by Gasteiger charge is -2.14. The maximum absolute atomic E-state index is 11.9. The van der Waals surface area contributed by atoms with Crippen molar-refractivity contribution in [3.8, 4) is 0 Å². The van der Waals surface area contributed by atoms with Gasteiger partial charge in [-0.1, -0.05) is 19.1 Å². The Labute approximate surface area is 107 Å². The second kappa shape index (κ2) is 5.95. The average Bonchev–Trinajstić information content (AvgIpc) is 2.97. The van der Waals surface area contributed by atoms with E-state index in [0.29, 0.717) is 19.1 Å². The van der Waals surface area contributed by atoms with Gasteiger partial charge in [0.1, 0.15) is 6.54 Å². The summed E-state index contributed by atoms with van der Waals surface area (Å²) < 4.78 is 1.62. The van der Waals surface area contributed by atoms with Gasteiger partial charge in [0.2, 0.25) is 5.91 Å². The van der Waals surface area contributed by atoms with Crippen LogP contribution in [0.3, 0.4) is 0 Å². The predicted molar refractivity (Wildman–Crippen MR) is 67.8 cm³/mol. The molecule has 2 rings (SSSR count). The van der Waals surface area contributed by atoms with Crippen LogP contribution in [0.5, 0.6) is 0 Å². The van der Waals surface area contributed by atoms with E-state index in [-0.39, 0.29) is 5.91 Å². The molecule has 1 aliphatic rings. The van der Waals surface area contributed by atoms with Crippen LogP contribution in [-0.2, 0) is 17.9 Å². The maximum Gasteiger partial charge on any atom is 0.244 e. The summed E-state index contributed by atoms with van der Waals surface area (Å²) >= 11 is 0. The third-order valence-corrected chi connectivity index (χ3v) is 3.03. The molecule has 0 saturated carbocycles. The quantitative estimate of drug-likeness (QED) is 0.822. The Bertz CT molecular complexity index is 395. The van der Waals surface area contributed by atoms with Crippen LogP contribution in [0.4, 0.5) is 0 Å². The zero-order valence-corrected chi connectivity index (χ0v) is 11.1. The normalized spacial score (nSPS) is 15.6. The van der Waals surface area contributed by atoms with Crippen molar-refractivity contribution < 1.29 is 4.79 Å². The Balaban J connectivity index is 1.84. The van der Waals surface area contributed by atoms with Crippen molar-refractivity contribution in [2.45, 2.75) is 45.8 Å². The lowest BCUT2D eigenvalue weighted by atomic mass is 10.3. The lowest BCUT2D eigenvalue weighted by Crippen LogP contribution is -2.31. The summed E-state index contributed by atoms with van der Waals surface area (Å²) in [6, 6.07) is 0.418. The number of carbonyl (C=O) groups excluding carboxylic acids is 1. The summed E-state index contributed by atoms with van der Waals surface area (Å²) in [5.41, 5.74) is 0.873. The number of likely N-dealkylation sites (tertiary alicyclic amines) is 1. The molecule has 6 nitrogen and oxygen atoms in total. The minimum absolute atomic E-state index is 0.140. The number of nitrogens with zero attached hydrogens (tertiary/aromatic N) is 4. The number of amides is 1. The van der Waals surface area contributed by atoms with E-state index >= 15 is 0 Å². The summed E-state index contributed by atoms with van der Waals surface area (Å²) in [4.78, 5) is 13.8. The zero-order valence-electron chi connectivity index (χ0n) is 11.1. The molecule has 0 aliphatic carbocycles. The highest BCUT2D eigenvalue weighted by atomic mass is 16.2. The van der Waals surface area contributed by atoms with Crippen molar-refractivity contribution in [2.75, 3.05) is 13.1 Å². The van der Waals surface area contributed by atoms with Gasteiger partial charge >= 0.3 is 0 Å². The van der Waals surface area contributed by atoms with Crippen LogP contribution in [-0.4, -0.2) is 44.9 Å². The van der Waals surface area contributed by atoms with Gasteiger partial charge in [-0.15, -0.1) is 5.10 Å². The fourth-order valence-corrected chi connectivity index (χ4v) is 2.01. The largest absolute Gasteiger partial charge is 0.341 e. The van der Waals surface area contributed by atoms with Gasteiger partial charge in [-0.3, -0.25) is 4.79 Å². The van der Waals surface area contributed by atoms with E-state index in [4.69, 9.17) is 0 Å². The highest BCUT2D eigenvalue weighted by Gasteiger charge is 2.18. The van der Waals surface area contributed by atoms with Gasteiger partial charge in [-0.2, -0.15) is 0 Å². The van der Waals surface area contributed by atoms with Crippen molar-refractivity contribution in [3.05, 3.63) is 11.9 Å². The number of rotatable bonds is 5. The summed E-state index contributed by atoms with van der Waals surface area (Å²) in [5, 5.41) is 11.3. The minimum atomic E-state index is 0.140. The van der Waals surface area contributed by atoms with Gasteiger partial charge in [-0.05, 0) is 12.8 Å². The SMILES string of the molecule is CC(C)NCc1cn(CC(=O)N2CCCC2)nn1. The number of nitrogens with one attached hydrogen (secondary N) is 1. The summed E-state index contributed by atoms with van der Waals surface area (Å²) in [5.74, 6) is 0.140. The summed E-state index contributed by atoms with van der Waals surface area (Å²) in [6.45, 7) is 6.93. The second-order valence-corrected chi connectivity index (χ2v) is 5.03. The highest BCUT2D eigenvalue weighted by Crippen LogP contribution is 2.08. The van der Waals surface area contributed by atoms with Crippen LogP contribution >= 0.6 is 0 Å². The molecule has 0 radical (unpaired) electrons. The summed E-state index contributed by atoms with van der Waals surface area (Å²) in [6.07, 6.45) is 4.07. The smallest absolute Gasteiger partial charge is 0.244 e. The van der Waals surface area contributed by atoms with Gasteiger partial charge in [0.05, 0.1) is 11.9 Å². The third-order valence-electron chi connectivity index (χ3n) is 3.03. The molecule has 1 fully saturated rings. The molecule has 18 heavy (non-hydrogen) atoms. The van der Waals surface area contributed by atoms with Crippen molar-refractivity contribution in [2.24, 2.45) is 0 Å². The fraction of sp³-hybridized carbons (Fsp3) is 0.750. The zero-order chi connectivity index (χ0) is 13.0. The number of hydrogen-bond donors (Lipinski definition) is 1. The molecule has 2 heterocycles. The van der Waals surface area contributed by atoms with E-state index in [1.807, 2.05) is 11.1 Å². The molecule has 0 aromatic carbocycles. The topological polar surface area (TPSA) is 63.1 Å². The van der Waals surface area contributed by atoms with Crippen LogP contribution in [0.15, 0.2) is 6.20 Å². The first-order valence-corrected chi connectivity index (χ1v) is 6.55. The summed E-state index contributed by atoms with van der Waals surface area (Å²) in [7, 11) is 0. The molecule has 0 unspecified atom stereocenters. The monoisotopic (exact) mass is 251 g/mol. The van der Waals surface area contributed by atoms with Crippen molar-refractivity contribution >= 4 is 5.91 Å². The number of carbonyl (C=O) groups is 1. The van der Waals surface area contributed by atoms with Crippen LogP contribution in [0.25, 0.3) is 0 Å². The molecule has 1 aliphatic heterocycles. The van der Waals surface area contributed by atoms with Crippen molar-refractivity contribution in [1.29, 1.82) is 0 Å². The van der Waals surface area contributed by atoms with Crippen LogP contribution in [0.2, 0.25) is 0 Å². The van der Waals surface area contributed by atoms with E-state index in [1.165, 1.54) is 0 Å². The van der Waals surface area contributed by atoms with E-state index in [0.717, 1.165) is 31.6 Å². The third kappa shape index (κ3) is 3.53.